The van der Waals surface area contributed by atoms with Crippen molar-refractivity contribution in [1.29, 1.82) is 0 Å². The highest BCUT2D eigenvalue weighted by Crippen LogP contribution is 2.42. The van der Waals surface area contributed by atoms with Gasteiger partial charge in [-0.15, -0.1) is 0 Å². The number of nitrogen functional groups attached to an aromatic ring is 2. The Kier molecular flexibility index (Phi) is 7.61. The molecule has 0 saturated heterocycles. The van der Waals surface area contributed by atoms with E-state index in [4.69, 9.17) is 20.9 Å². The van der Waals surface area contributed by atoms with Crippen LogP contribution in [0.1, 0.15) is 50.7 Å². The summed E-state index contributed by atoms with van der Waals surface area (Å²) in [6, 6.07) is 32.0. The van der Waals surface area contributed by atoms with Gasteiger partial charge >= 0.3 is 0 Å². The molecule has 4 aromatic rings. The second-order valence-electron chi connectivity index (χ2n) is 8.97. The van der Waals surface area contributed by atoms with Crippen LogP contribution in [0.2, 0.25) is 0 Å². The average molecular weight is 467 g/mol. The summed E-state index contributed by atoms with van der Waals surface area (Å²) in [5.74, 6) is 3.18. The van der Waals surface area contributed by atoms with E-state index in [0.29, 0.717) is 0 Å². The molecule has 0 bridgehead atoms. The van der Waals surface area contributed by atoms with Crippen LogP contribution >= 0.6 is 0 Å². The van der Waals surface area contributed by atoms with Crippen LogP contribution in [-0.2, 0) is 5.41 Å². The monoisotopic (exact) mass is 466 g/mol. The van der Waals surface area contributed by atoms with Gasteiger partial charge in [0.1, 0.15) is 23.0 Å². The van der Waals surface area contributed by atoms with Crippen LogP contribution < -0.4 is 20.9 Å². The summed E-state index contributed by atoms with van der Waals surface area (Å²) in [6.07, 6.45) is 4.31. The van der Waals surface area contributed by atoms with E-state index in [9.17, 15) is 0 Å². The lowest BCUT2D eigenvalue weighted by atomic mass is 9.68. The molecular formula is C31H34N2O2. The molecule has 0 unspecified atom stereocenters. The van der Waals surface area contributed by atoms with Crippen LogP contribution in [0.4, 0.5) is 11.4 Å². The first-order chi connectivity index (χ1) is 17.0. The summed E-state index contributed by atoms with van der Waals surface area (Å²) in [5, 5.41) is 0. The molecule has 0 atom stereocenters. The molecule has 180 valence electrons. The maximum absolute atomic E-state index is 6.03. The Bertz CT molecular complexity index is 1100. The van der Waals surface area contributed by atoms with Gasteiger partial charge in [0.2, 0.25) is 0 Å². The number of anilines is 2. The van der Waals surface area contributed by atoms with Crippen LogP contribution in [0.3, 0.4) is 0 Å². The van der Waals surface area contributed by atoms with E-state index in [0.717, 1.165) is 60.1 Å². The minimum absolute atomic E-state index is 0.0665. The van der Waals surface area contributed by atoms with Gasteiger partial charge in [0.15, 0.2) is 0 Å². The minimum Gasteiger partial charge on any atom is -0.457 e. The van der Waals surface area contributed by atoms with Gasteiger partial charge in [0.05, 0.1) is 0 Å². The maximum Gasteiger partial charge on any atom is 0.127 e. The zero-order valence-electron chi connectivity index (χ0n) is 20.5. The fourth-order valence-electron chi connectivity index (χ4n) is 4.75. The smallest absolute Gasteiger partial charge is 0.127 e. The Balaban J connectivity index is 1.59. The molecule has 0 heterocycles. The van der Waals surface area contributed by atoms with Crippen LogP contribution in [0.25, 0.3) is 0 Å². The van der Waals surface area contributed by atoms with Gasteiger partial charge in [-0.05, 0) is 96.8 Å². The van der Waals surface area contributed by atoms with Gasteiger partial charge in [-0.3, -0.25) is 0 Å². The normalized spacial score (nSPS) is 11.3. The Morgan fingerprint density at radius 1 is 0.486 bits per heavy atom. The van der Waals surface area contributed by atoms with Gasteiger partial charge in [-0.2, -0.15) is 0 Å². The molecule has 0 fully saturated rings. The SMILES string of the molecule is CCCC(CCC)(c1ccc(Oc2ccc(N)cc2)cc1)c1ccc(Oc2ccc(N)cc2)cc1. The molecule has 0 radical (unpaired) electrons. The summed E-state index contributed by atoms with van der Waals surface area (Å²) in [4.78, 5) is 0. The predicted octanol–water partition coefficient (Wildman–Crippen LogP) is 8.32. The number of ether oxygens (including phenoxy) is 2. The first kappa shape index (κ1) is 24.2. The Hall–Kier alpha value is -3.92. The zero-order valence-corrected chi connectivity index (χ0v) is 20.5. The van der Waals surface area contributed by atoms with Crippen molar-refractivity contribution in [3.05, 3.63) is 108 Å². The summed E-state index contributed by atoms with van der Waals surface area (Å²) in [6.45, 7) is 4.50. The first-order valence-electron chi connectivity index (χ1n) is 12.3. The van der Waals surface area contributed by atoms with E-state index in [1.807, 2.05) is 48.5 Å². The molecule has 0 aliphatic carbocycles. The standard InChI is InChI=1S/C31H34N2O2/c1-3-21-31(22-4-2,23-5-13-27(14-6-23)34-29-17-9-25(32)10-18-29)24-7-15-28(16-8-24)35-30-19-11-26(33)12-20-30/h5-20H,3-4,21-22,32-33H2,1-2H3. The highest BCUT2D eigenvalue weighted by atomic mass is 16.5. The molecule has 4 aromatic carbocycles. The van der Waals surface area contributed by atoms with Crippen LogP contribution in [0.5, 0.6) is 23.0 Å². The molecule has 0 aliphatic rings. The largest absolute Gasteiger partial charge is 0.457 e. The van der Waals surface area contributed by atoms with Crippen molar-refractivity contribution in [3.8, 4) is 23.0 Å². The van der Waals surface area contributed by atoms with Crippen molar-refractivity contribution in [3.63, 3.8) is 0 Å². The van der Waals surface area contributed by atoms with Crippen molar-refractivity contribution in [2.75, 3.05) is 11.5 Å². The van der Waals surface area contributed by atoms with Crippen LogP contribution in [0.15, 0.2) is 97.1 Å². The molecule has 0 aromatic heterocycles. The topological polar surface area (TPSA) is 70.5 Å². The lowest BCUT2D eigenvalue weighted by Crippen LogP contribution is -2.27. The third kappa shape index (κ3) is 5.78. The highest BCUT2D eigenvalue weighted by molar-refractivity contribution is 5.47. The molecule has 0 amide bonds. The fourth-order valence-corrected chi connectivity index (χ4v) is 4.75. The van der Waals surface area contributed by atoms with Crippen LogP contribution in [0, 0.1) is 0 Å². The number of benzene rings is 4. The van der Waals surface area contributed by atoms with Gasteiger partial charge < -0.3 is 20.9 Å². The average Bonchev–Trinajstić information content (AvgIpc) is 2.88. The van der Waals surface area contributed by atoms with Gasteiger partial charge in [0, 0.05) is 16.8 Å². The maximum atomic E-state index is 6.03. The Labute approximate surface area is 208 Å². The second kappa shape index (κ2) is 11.0. The lowest BCUT2D eigenvalue weighted by molar-refractivity contribution is 0.423. The summed E-state index contributed by atoms with van der Waals surface area (Å²) >= 11 is 0. The van der Waals surface area contributed by atoms with Crippen molar-refractivity contribution < 1.29 is 9.47 Å². The number of hydrogen-bond acceptors (Lipinski definition) is 4. The highest BCUT2D eigenvalue weighted by Gasteiger charge is 2.32. The number of hydrogen-bond donors (Lipinski definition) is 2. The van der Waals surface area contributed by atoms with Gasteiger partial charge in [0.25, 0.3) is 0 Å². The first-order valence-corrected chi connectivity index (χ1v) is 12.3. The Morgan fingerprint density at radius 2 is 0.771 bits per heavy atom. The molecule has 4 N–H and O–H groups in total. The molecule has 0 aliphatic heterocycles. The molecule has 35 heavy (non-hydrogen) atoms. The minimum atomic E-state index is -0.0665. The zero-order chi connectivity index (χ0) is 24.7. The summed E-state index contributed by atoms with van der Waals surface area (Å²) in [7, 11) is 0. The van der Waals surface area contributed by atoms with Gasteiger partial charge in [-0.25, -0.2) is 0 Å². The summed E-state index contributed by atoms with van der Waals surface area (Å²) < 4.78 is 12.1. The van der Waals surface area contributed by atoms with Crippen LogP contribution in [-0.4, -0.2) is 0 Å². The van der Waals surface area contributed by atoms with E-state index in [1.165, 1.54) is 11.1 Å². The van der Waals surface area contributed by atoms with Crippen molar-refractivity contribution in [2.45, 2.75) is 44.9 Å². The van der Waals surface area contributed by atoms with E-state index in [1.54, 1.807) is 0 Å². The van der Waals surface area contributed by atoms with E-state index < -0.39 is 0 Å². The van der Waals surface area contributed by atoms with E-state index in [-0.39, 0.29) is 5.41 Å². The third-order valence-corrected chi connectivity index (χ3v) is 6.40. The van der Waals surface area contributed by atoms with Crippen molar-refractivity contribution in [1.82, 2.24) is 0 Å². The molecular weight excluding hydrogens is 432 g/mol. The predicted molar refractivity (Wildman–Crippen MR) is 145 cm³/mol. The van der Waals surface area contributed by atoms with E-state index in [2.05, 4.69) is 62.4 Å². The number of rotatable bonds is 10. The fraction of sp³-hybridized carbons (Fsp3) is 0.226. The Morgan fingerprint density at radius 3 is 1.06 bits per heavy atom. The quantitative estimate of drug-likeness (QED) is 0.230. The van der Waals surface area contributed by atoms with Gasteiger partial charge in [-0.1, -0.05) is 51.0 Å². The molecule has 4 nitrogen and oxygen atoms in total. The number of nitrogens with two attached hydrogens (primary N) is 2. The molecule has 4 heteroatoms. The summed E-state index contributed by atoms with van der Waals surface area (Å²) in [5.41, 5.74) is 15.6. The molecule has 4 rings (SSSR count). The lowest BCUT2D eigenvalue weighted by Gasteiger charge is -2.35. The van der Waals surface area contributed by atoms with E-state index >= 15 is 0 Å². The second-order valence-corrected chi connectivity index (χ2v) is 8.97. The molecule has 0 saturated carbocycles. The molecule has 0 spiro atoms. The third-order valence-electron chi connectivity index (χ3n) is 6.40. The van der Waals surface area contributed by atoms with Crippen molar-refractivity contribution in [2.24, 2.45) is 0 Å². The van der Waals surface area contributed by atoms with Crippen molar-refractivity contribution >= 4 is 11.4 Å².